The Morgan fingerprint density at radius 1 is 1.25 bits per heavy atom. The number of thiazole rings is 1. The molecule has 0 unspecified atom stereocenters. The number of benzene rings is 2. The molecule has 10 heteroatoms. The van der Waals surface area contributed by atoms with Crippen LogP contribution in [0.3, 0.4) is 0 Å². The summed E-state index contributed by atoms with van der Waals surface area (Å²) in [5.41, 5.74) is 1.16. The Balaban J connectivity index is 2.11. The molecule has 2 aromatic carbocycles. The molecule has 0 fully saturated rings. The van der Waals surface area contributed by atoms with E-state index in [0.717, 1.165) is 5.52 Å². The highest BCUT2D eigenvalue weighted by atomic mass is 35.5. The number of rotatable bonds is 6. The summed E-state index contributed by atoms with van der Waals surface area (Å²) in [6.07, 6.45) is 0. The van der Waals surface area contributed by atoms with Crippen LogP contribution in [0.5, 0.6) is 0 Å². The molecule has 0 atom stereocenters. The topological polar surface area (TPSA) is 104 Å². The average molecular weight is 440 g/mol. The number of fused-ring (bicyclic) bond motifs is 1. The first-order valence-electron chi connectivity index (χ1n) is 8.38. The van der Waals surface area contributed by atoms with Crippen LogP contribution in [0.4, 0.5) is 0 Å². The maximum Gasteiger partial charge on any atom is 0.279 e. The Labute approximate surface area is 171 Å². The molecule has 148 valence electrons. The summed E-state index contributed by atoms with van der Waals surface area (Å²) in [6.45, 7) is 3.36. The number of halogens is 1. The predicted molar refractivity (Wildman–Crippen MR) is 109 cm³/mol. The zero-order valence-corrected chi connectivity index (χ0v) is 17.4. The van der Waals surface area contributed by atoms with Gasteiger partial charge in [-0.2, -0.15) is 4.99 Å². The van der Waals surface area contributed by atoms with Gasteiger partial charge in [0, 0.05) is 23.7 Å². The standard InChI is InChI=1S/C18H18ClN3O4S2/c1-2-26-10-9-22-15-8-7-14(28(20,24)25)11-16(15)27-18(22)21-17(23)12-3-5-13(19)6-4-12/h3-8,11H,2,9-10H2,1H3,(H2,20,24,25). The largest absolute Gasteiger partial charge is 0.380 e. The first kappa shape index (κ1) is 20.7. The Hall–Kier alpha value is -2.04. The molecule has 3 aromatic rings. The number of aromatic nitrogens is 1. The summed E-state index contributed by atoms with van der Waals surface area (Å²) in [6, 6.07) is 11.0. The Bertz CT molecular complexity index is 1180. The third-order valence-electron chi connectivity index (χ3n) is 3.93. The van der Waals surface area contributed by atoms with E-state index in [-0.39, 0.29) is 4.90 Å². The molecular formula is C18H18ClN3O4S2. The van der Waals surface area contributed by atoms with Crippen molar-refractivity contribution < 1.29 is 17.9 Å². The van der Waals surface area contributed by atoms with E-state index in [1.807, 2.05) is 11.5 Å². The van der Waals surface area contributed by atoms with Gasteiger partial charge in [0.05, 0.1) is 21.7 Å². The molecule has 0 aliphatic carbocycles. The smallest absolute Gasteiger partial charge is 0.279 e. The molecule has 0 bridgehead atoms. The van der Waals surface area contributed by atoms with E-state index in [9.17, 15) is 13.2 Å². The number of primary sulfonamides is 1. The highest BCUT2D eigenvalue weighted by molar-refractivity contribution is 7.89. The van der Waals surface area contributed by atoms with Gasteiger partial charge in [-0.3, -0.25) is 4.79 Å². The van der Waals surface area contributed by atoms with Crippen molar-refractivity contribution in [3.05, 3.63) is 57.9 Å². The maximum atomic E-state index is 12.5. The van der Waals surface area contributed by atoms with Crippen molar-refractivity contribution >= 4 is 49.1 Å². The molecule has 1 aromatic heterocycles. The fraction of sp³-hybridized carbons (Fsp3) is 0.222. The third-order valence-corrected chi connectivity index (χ3v) is 6.14. The molecule has 0 saturated heterocycles. The van der Waals surface area contributed by atoms with Crippen molar-refractivity contribution in [1.29, 1.82) is 0 Å². The van der Waals surface area contributed by atoms with E-state index in [4.69, 9.17) is 21.5 Å². The van der Waals surface area contributed by atoms with Gasteiger partial charge in [-0.1, -0.05) is 22.9 Å². The van der Waals surface area contributed by atoms with Crippen molar-refractivity contribution in [2.24, 2.45) is 10.1 Å². The van der Waals surface area contributed by atoms with Crippen molar-refractivity contribution in [2.45, 2.75) is 18.4 Å². The van der Waals surface area contributed by atoms with Crippen LogP contribution in [0.15, 0.2) is 52.4 Å². The molecule has 28 heavy (non-hydrogen) atoms. The average Bonchev–Trinajstić information content (AvgIpc) is 2.98. The number of sulfonamides is 1. The van der Waals surface area contributed by atoms with Gasteiger partial charge >= 0.3 is 0 Å². The van der Waals surface area contributed by atoms with Crippen LogP contribution in [-0.2, 0) is 21.3 Å². The van der Waals surface area contributed by atoms with Crippen LogP contribution in [0.25, 0.3) is 10.2 Å². The molecule has 7 nitrogen and oxygen atoms in total. The zero-order valence-electron chi connectivity index (χ0n) is 15.0. The molecule has 0 saturated carbocycles. The number of nitrogens with two attached hydrogens (primary N) is 1. The minimum atomic E-state index is -3.83. The summed E-state index contributed by atoms with van der Waals surface area (Å²) in [5, 5.41) is 5.75. The number of amides is 1. The van der Waals surface area contributed by atoms with Gasteiger partial charge in [-0.25, -0.2) is 13.6 Å². The van der Waals surface area contributed by atoms with Crippen molar-refractivity contribution in [1.82, 2.24) is 4.57 Å². The van der Waals surface area contributed by atoms with Crippen molar-refractivity contribution in [3.63, 3.8) is 0 Å². The van der Waals surface area contributed by atoms with Gasteiger partial charge in [-0.15, -0.1) is 0 Å². The first-order valence-corrected chi connectivity index (χ1v) is 11.1. The van der Waals surface area contributed by atoms with Crippen LogP contribution in [0.2, 0.25) is 5.02 Å². The summed E-state index contributed by atoms with van der Waals surface area (Å²) in [5.74, 6) is -0.417. The van der Waals surface area contributed by atoms with Gasteiger partial charge in [0.1, 0.15) is 0 Å². The lowest BCUT2D eigenvalue weighted by molar-refractivity contribution is 0.0996. The quantitative estimate of drug-likeness (QED) is 0.596. The second kappa shape index (κ2) is 8.54. The summed E-state index contributed by atoms with van der Waals surface area (Å²) >= 11 is 7.07. The second-order valence-corrected chi connectivity index (χ2v) is 8.84. The Morgan fingerprint density at radius 2 is 1.96 bits per heavy atom. The van der Waals surface area contributed by atoms with Crippen LogP contribution in [0, 0.1) is 0 Å². The lowest BCUT2D eigenvalue weighted by Crippen LogP contribution is -2.19. The normalized spacial score (nSPS) is 12.6. The van der Waals surface area contributed by atoms with Crippen LogP contribution >= 0.6 is 22.9 Å². The minimum absolute atomic E-state index is 0.00814. The maximum absolute atomic E-state index is 12.5. The van der Waals surface area contributed by atoms with E-state index in [0.29, 0.717) is 39.8 Å². The second-order valence-electron chi connectivity index (χ2n) is 5.83. The van der Waals surface area contributed by atoms with Crippen LogP contribution in [-0.4, -0.2) is 32.1 Å². The number of ether oxygens (including phenoxy) is 1. The number of hydrogen-bond donors (Lipinski definition) is 1. The van der Waals surface area contributed by atoms with Crippen LogP contribution < -0.4 is 9.94 Å². The highest BCUT2D eigenvalue weighted by Crippen LogP contribution is 2.21. The minimum Gasteiger partial charge on any atom is -0.380 e. The zero-order chi connectivity index (χ0) is 20.3. The highest BCUT2D eigenvalue weighted by Gasteiger charge is 2.13. The van der Waals surface area contributed by atoms with E-state index in [1.54, 1.807) is 30.3 Å². The van der Waals surface area contributed by atoms with Gasteiger partial charge < -0.3 is 9.30 Å². The summed E-state index contributed by atoms with van der Waals surface area (Å²) in [4.78, 5) is 17.2. The fourth-order valence-electron chi connectivity index (χ4n) is 2.58. The molecule has 1 amide bonds. The number of hydrogen-bond acceptors (Lipinski definition) is 5. The van der Waals surface area contributed by atoms with Gasteiger partial charge in [0.2, 0.25) is 10.0 Å². The Kier molecular flexibility index (Phi) is 6.31. The number of carbonyl (C=O) groups is 1. The molecule has 3 rings (SSSR count). The third kappa shape index (κ3) is 4.68. The summed E-state index contributed by atoms with van der Waals surface area (Å²) in [7, 11) is -3.83. The molecule has 0 aliphatic rings. The molecule has 2 N–H and O–H groups in total. The van der Waals surface area contributed by atoms with Crippen molar-refractivity contribution in [3.8, 4) is 0 Å². The number of carbonyl (C=O) groups excluding carboxylic acids is 1. The SMILES string of the molecule is CCOCCn1c(=NC(=O)c2ccc(Cl)cc2)sc2cc(S(N)(=O)=O)ccc21. The molecular weight excluding hydrogens is 422 g/mol. The Morgan fingerprint density at radius 3 is 2.61 bits per heavy atom. The van der Waals surface area contributed by atoms with Gasteiger partial charge in [0.25, 0.3) is 5.91 Å². The van der Waals surface area contributed by atoms with E-state index >= 15 is 0 Å². The van der Waals surface area contributed by atoms with Gasteiger partial charge in [-0.05, 0) is 49.4 Å². The molecule has 0 radical (unpaired) electrons. The van der Waals surface area contributed by atoms with Crippen molar-refractivity contribution in [2.75, 3.05) is 13.2 Å². The van der Waals surface area contributed by atoms with E-state index < -0.39 is 15.9 Å². The first-order chi connectivity index (χ1) is 13.3. The van der Waals surface area contributed by atoms with E-state index in [2.05, 4.69) is 4.99 Å². The monoisotopic (exact) mass is 439 g/mol. The fourth-order valence-corrected chi connectivity index (χ4v) is 4.41. The van der Waals surface area contributed by atoms with Gasteiger partial charge in [0.15, 0.2) is 4.80 Å². The molecule has 0 aliphatic heterocycles. The molecule has 0 spiro atoms. The van der Waals surface area contributed by atoms with E-state index in [1.165, 1.54) is 23.5 Å². The predicted octanol–water partition coefficient (Wildman–Crippen LogP) is 2.78. The summed E-state index contributed by atoms with van der Waals surface area (Å²) < 4.78 is 31.2. The lowest BCUT2D eigenvalue weighted by atomic mass is 10.2. The lowest BCUT2D eigenvalue weighted by Gasteiger charge is -2.06. The van der Waals surface area contributed by atoms with Crippen LogP contribution in [0.1, 0.15) is 17.3 Å². The molecule has 1 heterocycles. The number of nitrogens with zero attached hydrogens (tertiary/aromatic N) is 2.